The third kappa shape index (κ3) is 6.04. The van der Waals surface area contributed by atoms with E-state index in [2.05, 4.69) is 31.1 Å². The maximum absolute atomic E-state index is 15.0. The van der Waals surface area contributed by atoms with E-state index in [1.54, 1.807) is 35.3 Å². The molecule has 0 aliphatic heterocycles. The van der Waals surface area contributed by atoms with Crippen LogP contribution in [-0.2, 0) is 5.41 Å². The van der Waals surface area contributed by atoms with Gasteiger partial charge in [-0.05, 0) is 50.2 Å². The molecule has 5 rings (SSSR count). The van der Waals surface area contributed by atoms with E-state index in [-0.39, 0.29) is 22.9 Å². The van der Waals surface area contributed by atoms with Crippen LogP contribution < -0.4 is 20.7 Å². The molecule has 0 fully saturated rings. The van der Waals surface area contributed by atoms with E-state index in [4.69, 9.17) is 9.84 Å². The summed E-state index contributed by atoms with van der Waals surface area (Å²) in [5.41, 5.74) is 2.16. The predicted octanol–water partition coefficient (Wildman–Crippen LogP) is 6.84. The minimum atomic E-state index is -0.642. The fourth-order valence-corrected chi connectivity index (χ4v) is 4.01. The van der Waals surface area contributed by atoms with Crippen molar-refractivity contribution in [1.82, 2.24) is 25.0 Å². The van der Waals surface area contributed by atoms with Crippen LogP contribution >= 0.6 is 0 Å². The van der Waals surface area contributed by atoms with E-state index in [0.29, 0.717) is 17.4 Å². The van der Waals surface area contributed by atoms with Crippen molar-refractivity contribution in [3.8, 4) is 17.2 Å². The first-order valence-electron chi connectivity index (χ1n) is 12.9. The highest BCUT2D eigenvalue weighted by atomic mass is 19.1. The van der Waals surface area contributed by atoms with Gasteiger partial charge in [0.05, 0.1) is 28.8 Å². The summed E-state index contributed by atoms with van der Waals surface area (Å²) in [4.78, 5) is 17.2. The summed E-state index contributed by atoms with van der Waals surface area (Å²) in [6.45, 7) is 10.1. The lowest BCUT2D eigenvalue weighted by atomic mass is 9.92. The Labute approximate surface area is 231 Å². The highest BCUT2D eigenvalue weighted by Crippen LogP contribution is 2.29. The molecule has 10 nitrogen and oxygen atoms in total. The van der Waals surface area contributed by atoms with Gasteiger partial charge in [-0.1, -0.05) is 20.8 Å². The Balaban J connectivity index is 1.32. The number of hydrogen-bond donors (Lipinski definition) is 4. The van der Waals surface area contributed by atoms with Gasteiger partial charge < -0.3 is 15.4 Å². The summed E-state index contributed by atoms with van der Waals surface area (Å²) in [5, 5.41) is 21.2. The molecule has 0 aliphatic carbocycles. The van der Waals surface area contributed by atoms with Crippen LogP contribution in [0.3, 0.4) is 0 Å². The van der Waals surface area contributed by atoms with Crippen LogP contribution in [0.4, 0.5) is 26.5 Å². The van der Waals surface area contributed by atoms with E-state index in [0.717, 1.165) is 22.3 Å². The number of anilines is 3. The SMILES string of the molecule is CC(C)Nc1cc(Oc2ccc(NC(=O)Nc3cc(C(C)(C)C)nn3-c3ccc4[nH]ncc4c3)c(F)c2)ccn1. The number of rotatable bonds is 7. The van der Waals surface area contributed by atoms with Crippen LogP contribution in [0.2, 0.25) is 0 Å². The molecule has 11 heteroatoms. The van der Waals surface area contributed by atoms with Gasteiger partial charge in [0.25, 0.3) is 0 Å². The first kappa shape index (κ1) is 26.7. The second-order valence-corrected chi connectivity index (χ2v) is 10.7. The molecule has 0 bridgehead atoms. The van der Waals surface area contributed by atoms with Gasteiger partial charge >= 0.3 is 6.03 Å². The number of hydrogen-bond acceptors (Lipinski definition) is 6. The Morgan fingerprint density at radius 1 is 1.02 bits per heavy atom. The molecule has 0 saturated heterocycles. The molecular weight excluding hydrogens is 511 g/mol. The Hall–Kier alpha value is -4.93. The topological polar surface area (TPSA) is 122 Å². The lowest BCUT2D eigenvalue weighted by molar-refractivity contribution is 0.262. The molecular formula is C29H31FN8O2. The molecule has 0 aliphatic rings. The molecule has 0 unspecified atom stereocenters. The average Bonchev–Trinajstić information content (AvgIpc) is 3.52. The first-order valence-corrected chi connectivity index (χ1v) is 12.9. The molecule has 2 aromatic carbocycles. The molecule has 3 aromatic heterocycles. The van der Waals surface area contributed by atoms with Crippen molar-refractivity contribution in [2.45, 2.75) is 46.1 Å². The molecule has 0 saturated carbocycles. The number of H-pyrrole nitrogens is 1. The quantitative estimate of drug-likeness (QED) is 0.179. The summed E-state index contributed by atoms with van der Waals surface area (Å²) in [5.74, 6) is 1.24. The Kier molecular flexibility index (Phi) is 7.12. The first-order chi connectivity index (χ1) is 19.0. The van der Waals surface area contributed by atoms with Gasteiger partial charge in [0.2, 0.25) is 0 Å². The number of aromatic nitrogens is 5. The largest absolute Gasteiger partial charge is 0.457 e. The van der Waals surface area contributed by atoms with Gasteiger partial charge in [-0.3, -0.25) is 10.4 Å². The molecule has 0 atom stereocenters. The number of carbonyl (C=O) groups is 1. The third-order valence-electron chi connectivity index (χ3n) is 5.98. The van der Waals surface area contributed by atoms with Crippen molar-refractivity contribution in [2.75, 3.05) is 16.0 Å². The number of benzene rings is 2. The molecule has 4 N–H and O–H groups in total. The summed E-state index contributed by atoms with van der Waals surface area (Å²) >= 11 is 0. The van der Waals surface area contributed by atoms with Crippen molar-refractivity contribution in [3.05, 3.63) is 78.5 Å². The fraction of sp³-hybridized carbons (Fsp3) is 0.241. The van der Waals surface area contributed by atoms with Crippen molar-refractivity contribution in [1.29, 1.82) is 0 Å². The van der Waals surface area contributed by atoms with E-state index in [9.17, 15) is 9.18 Å². The normalized spacial score (nSPS) is 11.6. The maximum atomic E-state index is 15.0. The van der Waals surface area contributed by atoms with Gasteiger partial charge in [0, 0.05) is 41.2 Å². The fourth-order valence-electron chi connectivity index (χ4n) is 4.01. The van der Waals surface area contributed by atoms with E-state index < -0.39 is 11.8 Å². The van der Waals surface area contributed by atoms with Crippen molar-refractivity contribution in [3.63, 3.8) is 0 Å². The molecule has 0 spiro atoms. The zero-order valence-electron chi connectivity index (χ0n) is 22.9. The number of pyridine rings is 1. The standard InChI is InChI=1S/C29H31FN8O2/c1-17(2)33-26-14-21(10-11-31-26)40-20-7-9-24(22(30)13-20)34-28(39)35-27-15-25(29(3,4)5)37-38(27)19-6-8-23-18(12-19)16-32-36-23/h6-17H,1-5H3,(H,31,33)(H,32,36)(H2,34,35,39). The maximum Gasteiger partial charge on any atom is 0.324 e. The van der Waals surface area contributed by atoms with Crippen LogP contribution in [-0.4, -0.2) is 37.0 Å². The summed E-state index contributed by atoms with van der Waals surface area (Å²) < 4.78 is 22.4. The van der Waals surface area contributed by atoms with Crippen molar-refractivity contribution in [2.24, 2.45) is 0 Å². The lowest BCUT2D eigenvalue weighted by Crippen LogP contribution is -2.22. The van der Waals surface area contributed by atoms with E-state index >= 15 is 0 Å². The summed E-state index contributed by atoms with van der Waals surface area (Å²) in [7, 11) is 0. The smallest absolute Gasteiger partial charge is 0.324 e. The van der Waals surface area contributed by atoms with E-state index in [1.165, 1.54) is 12.1 Å². The van der Waals surface area contributed by atoms with Gasteiger partial charge in [-0.25, -0.2) is 18.9 Å². The van der Waals surface area contributed by atoms with Crippen LogP contribution in [0.15, 0.2) is 67.0 Å². The number of carbonyl (C=O) groups excluding carboxylic acids is 1. The van der Waals surface area contributed by atoms with Gasteiger partial charge in [-0.2, -0.15) is 10.2 Å². The predicted molar refractivity (Wildman–Crippen MR) is 154 cm³/mol. The molecule has 0 radical (unpaired) electrons. The average molecular weight is 543 g/mol. The van der Waals surface area contributed by atoms with E-state index in [1.807, 2.05) is 58.9 Å². The van der Waals surface area contributed by atoms with Crippen molar-refractivity contribution < 1.29 is 13.9 Å². The zero-order chi connectivity index (χ0) is 28.4. The van der Waals surface area contributed by atoms with Crippen LogP contribution in [0.25, 0.3) is 16.6 Å². The van der Waals surface area contributed by atoms with Gasteiger partial charge in [-0.15, -0.1) is 0 Å². The van der Waals surface area contributed by atoms with Crippen LogP contribution in [0, 0.1) is 5.82 Å². The molecule has 2 amide bonds. The number of fused-ring (bicyclic) bond motifs is 1. The van der Waals surface area contributed by atoms with Crippen LogP contribution in [0.5, 0.6) is 11.5 Å². The molecule has 3 heterocycles. The Morgan fingerprint density at radius 3 is 2.58 bits per heavy atom. The monoisotopic (exact) mass is 542 g/mol. The zero-order valence-corrected chi connectivity index (χ0v) is 22.9. The number of amides is 2. The molecule has 206 valence electrons. The minimum absolute atomic E-state index is 0.00340. The molecule has 40 heavy (non-hydrogen) atoms. The van der Waals surface area contributed by atoms with Gasteiger partial charge in [0.1, 0.15) is 29.0 Å². The number of urea groups is 1. The highest BCUT2D eigenvalue weighted by Gasteiger charge is 2.22. The summed E-state index contributed by atoms with van der Waals surface area (Å²) in [6.07, 6.45) is 3.33. The lowest BCUT2D eigenvalue weighted by Gasteiger charge is -2.14. The molecule has 5 aromatic rings. The Bertz CT molecular complexity index is 1670. The number of ether oxygens (including phenoxy) is 1. The second-order valence-electron chi connectivity index (χ2n) is 10.7. The number of halogens is 1. The van der Waals surface area contributed by atoms with Crippen LogP contribution in [0.1, 0.15) is 40.3 Å². The highest BCUT2D eigenvalue weighted by molar-refractivity contribution is 5.99. The number of aromatic amines is 1. The number of nitrogens with zero attached hydrogens (tertiary/aromatic N) is 4. The second kappa shape index (κ2) is 10.7. The number of nitrogens with one attached hydrogen (secondary N) is 4. The van der Waals surface area contributed by atoms with Crippen molar-refractivity contribution >= 4 is 34.3 Å². The third-order valence-corrected chi connectivity index (χ3v) is 5.98. The Morgan fingerprint density at radius 2 is 1.82 bits per heavy atom. The minimum Gasteiger partial charge on any atom is -0.457 e. The van der Waals surface area contributed by atoms with Gasteiger partial charge in [0.15, 0.2) is 0 Å². The summed E-state index contributed by atoms with van der Waals surface area (Å²) in [6, 6.07) is 14.8.